The minimum atomic E-state index is 0.0930. The molecule has 1 aliphatic rings. The highest BCUT2D eigenvalue weighted by Crippen LogP contribution is 2.26. The summed E-state index contributed by atoms with van der Waals surface area (Å²) in [7, 11) is 0. The number of nitrogens with zero attached hydrogens (tertiary/aromatic N) is 1. The van der Waals surface area contributed by atoms with Crippen molar-refractivity contribution in [1.29, 1.82) is 0 Å². The quantitative estimate of drug-likeness (QED) is 0.879. The fraction of sp³-hybridized carbons (Fsp3) is 0.562. The summed E-state index contributed by atoms with van der Waals surface area (Å²) in [6.45, 7) is 3.79. The van der Waals surface area contributed by atoms with Crippen molar-refractivity contribution >= 4 is 17.5 Å². The van der Waals surface area contributed by atoms with Crippen LogP contribution in [0.15, 0.2) is 24.3 Å². The molecule has 0 spiro atoms. The number of carbonyl (C=O) groups excluding carboxylic acids is 1. The molecule has 1 aromatic rings. The zero-order chi connectivity index (χ0) is 15.2. The second-order valence-corrected chi connectivity index (χ2v) is 5.93. The van der Waals surface area contributed by atoms with E-state index in [-0.39, 0.29) is 17.9 Å². The van der Waals surface area contributed by atoms with Crippen LogP contribution in [0, 0.1) is 5.92 Å². The molecule has 1 aliphatic carbocycles. The molecular formula is C16H23ClN2O2. The number of likely N-dealkylation sites (N-methyl/N-ethyl adjacent to an activating group) is 1. The molecule has 1 fully saturated rings. The van der Waals surface area contributed by atoms with E-state index in [1.807, 2.05) is 24.0 Å². The van der Waals surface area contributed by atoms with Gasteiger partial charge in [-0.3, -0.25) is 4.79 Å². The first-order valence-electron chi connectivity index (χ1n) is 7.53. The molecular weight excluding hydrogens is 288 g/mol. The smallest absolute Gasteiger partial charge is 0.225 e. The lowest BCUT2D eigenvalue weighted by atomic mass is 10.1. The molecule has 1 saturated carbocycles. The first-order chi connectivity index (χ1) is 10.1. The van der Waals surface area contributed by atoms with Gasteiger partial charge in [0.05, 0.1) is 6.54 Å². The van der Waals surface area contributed by atoms with E-state index in [2.05, 4.69) is 0 Å². The SMILES string of the molecule is CCN(CCOc1ccc(Cl)cc1)C(=O)C1CCC(N)C1. The molecule has 0 heterocycles. The van der Waals surface area contributed by atoms with Gasteiger partial charge < -0.3 is 15.4 Å². The molecule has 0 radical (unpaired) electrons. The zero-order valence-corrected chi connectivity index (χ0v) is 13.2. The summed E-state index contributed by atoms with van der Waals surface area (Å²) < 4.78 is 5.65. The number of halogens is 1. The van der Waals surface area contributed by atoms with Gasteiger partial charge in [0.15, 0.2) is 0 Å². The van der Waals surface area contributed by atoms with Crippen molar-refractivity contribution < 1.29 is 9.53 Å². The molecule has 1 amide bonds. The number of nitrogens with two attached hydrogens (primary N) is 1. The Balaban J connectivity index is 1.79. The van der Waals surface area contributed by atoms with Crippen LogP contribution in [0.25, 0.3) is 0 Å². The summed E-state index contributed by atoms with van der Waals surface area (Å²) >= 11 is 5.83. The van der Waals surface area contributed by atoms with Crippen LogP contribution in [0.2, 0.25) is 5.02 Å². The van der Waals surface area contributed by atoms with Gasteiger partial charge in [0.1, 0.15) is 12.4 Å². The van der Waals surface area contributed by atoms with Crippen molar-refractivity contribution in [3.8, 4) is 5.75 Å². The standard InChI is InChI=1S/C16H23ClN2O2/c1-2-19(16(20)12-3-6-14(18)11-12)9-10-21-15-7-4-13(17)5-8-15/h4-5,7-8,12,14H,2-3,6,9-11,18H2,1H3. The highest BCUT2D eigenvalue weighted by atomic mass is 35.5. The molecule has 4 nitrogen and oxygen atoms in total. The Kier molecular flexibility index (Phi) is 5.88. The van der Waals surface area contributed by atoms with Gasteiger partial charge in [0.25, 0.3) is 0 Å². The lowest BCUT2D eigenvalue weighted by Crippen LogP contribution is -2.38. The van der Waals surface area contributed by atoms with Crippen LogP contribution in [0.5, 0.6) is 5.75 Å². The molecule has 2 N–H and O–H groups in total. The number of ether oxygens (including phenoxy) is 1. The van der Waals surface area contributed by atoms with Gasteiger partial charge >= 0.3 is 0 Å². The van der Waals surface area contributed by atoms with Gasteiger partial charge in [0.2, 0.25) is 5.91 Å². The Hall–Kier alpha value is -1.26. The monoisotopic (exact) mass is 310 g/mol. The minimum Gasteiger partial charge on any atom is -0.492 e. The topological polar surface area (TPSA) is 55.6 Å². The summed E-state index contributed by atoms with van der Waals surface area (Å²) in [6, 6.07) is 7.43. The zero-order valence-electron chi connectivity index (χ0n) is 12.4. The highest BCUT2D eigenvalue weighted by molar-refractivity contribution is 6.30. The van der Waals surface area contributed by atoms with E-state index in [1.54, 1.807) is 12.1 Å². The van der Waals surface area contributed by atoms with Crippen molar-refractivity contribution in [1.82, 2.24) is 4.90 Å². The van der Waals surface area contributed by atoms with Crippen molar-refractivity contribution in [3.63, 3.8) is 0 Å². The van der Waals surface area contributed by atoms with Gasteiger partial charge in [-0.25, -0.2) is 0 Å². The number of amides is 1. The van der Waals surface area contributed by atoms with Crippen LogP contribution in [-0.2, 0) is 4.79 Å². The molecule has 1 aromatic carbocycles. The number of rotatable bonds is 6. The molecule has 2 atom stereocenters. The Morgan fingerprint density at radius 2 is 2.10 bits per heavy atom. The van der Waals surface area contributed by atoms with Crippen LogP contribution in [-0.4, -0.2) is 36.5 Å². The van der Waals surface area contributed by atoms with Crippen molar-refractivity contribution in [2.24, 2.45) is 11.7 Å². The van der Waals surface area contributed by atoms with Crippen molar-refractivity contribution in [2.45, 2.75) is 32.2 Å². The second-order valence-electron chi connectivity index (χ2n) is 5.49. The van der Waals surface area contributed by atoms with Crippen LogP contribution in [0.4, 0.5) is 0 Å². The first-order valence-corrected chi connectivity index (χ1v) is 7.90. The third kappa shape index (κ3) is 4.61. The molecule has 0 aromatic heterocycles. The average molecular weight is 311 g/mol. The molecule has 0 bridgehead atoms. The summed E-state index contributed by atoms with van der Waals surface area (Å²) in [5.41, 5.74) is 5.89. The minimum absolute atomic E-state index is 0.0930. The molecule has 5 heteroatoms. The number of benzene rings is 1. The Morgan fingerprint density at radius 3 is 2.67 bits per heavy atom. The lowest BCUT2D eigenvalue weighted by molar-refractivity contribution is -0.135. The van der Waals surface area contributed by atoms with E-state index < -0.39 is 0 Å². The molecule has 116 valence electrons. The van der Waals surface area contributed by atoms with Gasteiger partial charge in [-0.15, -0.1) is 0 Å². The van der Waals surface area contributed by atoms with E-state index in [9.17, 15) is 4.79 Å². The van der Waals surface area contributed by atoms with Crippen LogP contribution in [0.1, 0.15) is 26.2 Å². The predicted octanol–water partition coefficient (Wildman–Crippen LogP) is 2.69. The van der Waals surface area contributed by atoms with E-state index in [1.165, 1.54) is 0 Å². The van der Waals surface area contributed by atoms with Gasteiger partial charge in [-0.2, -0.15) is 0 Å². The molecule has 0 aliphatic heterocycles. The maximum Gasteiger partial charge on any atom is 0.225 e. The van der Waals surface area contributed by atoms with E-state index in [0.29, 0.717) is 24.7 Å². The fourth-order valence-electron chi connectivity index (χ4n) is 2.73. The van der Waals surface area contributed by atoms with E-state index in [0.717, 1.165) is 25.0 Å². The second kappa shape index (κ2) is 7.66. The first kappa shape index (κ1) is 16.1. The average Bonchev–Trinajstić information content (AvgIpc) is 2.91. The third-order valence-corrected chi connectivity index (χ3v) is 4.21. The Morgan fingerprint density at radius 1 is 1.38 bits per heavy atom. The van der Waals surface area contributed by atoms with Crippen LogP contribution in [0.3, 0.4) is 0 Å². The highest BCUT2D eigenvalue weighted by Gasteiger charge is 2.30. The number of hydrogen-bond donors (Lipinski definition) is 1. The molecule has 2 rings (SSSR count). The largest absolute Gasteiger partial charge is 0.492 e. The van der Waals surface area contributed by atoms with Gasteiger partial charge in [0, 0.05) is 23.5 Å². The molecule has 2 unspecified atom stereocenters. The van der Waals surface area contributed by atoms with Crippen molar-refractivity contribution in [2.75, 3.05) is 19.7 Å². The number of carbonyl (C=O) groups is 1. The predicted molar refractivity (Wildman–Crippen MR) is 84.5 cm³/mol. The summed E-state index contributed by atoms with van der Waals surface area (Å²) in [4.78, 5) is 14.3. The van der Waals surface area contributed by atoms with Crippen molar-refractivity contribution in [3.05, 3.63) is 29.3 Å². The van der Waals surface area contributed by atoms with Gasteiger partial charge in [-0.1, -0.05) is 11.6 Å². The summed E-state index contributed by atoms with van der Waals surface area (Å²) in [5.74, 6) is 1.08. The van der Waals surface area contributed by atoms with Crippen LogP contribution >= 0.6 is 11.6 Å². The Labute approximate surface area is 131 Å². The van der Waals surface area contributed by atoms with E-state index >= 15 is 0 Å². The molecule has 21 heavy (non-hydrogen) atoms. The maximum atomic E-state index is 12.4. The lowest BCUT2D eigenvalue weighted by Gasteiger charge is -2.24. The fourth-order valence-corrected chi connectivity index (χ4v) is 2.85. The molecule has 0 saturated heterocycles. The summed E-state index contributed by atoms with van der Waals surface area (Å²) in [5, 5.41) is 0.685. The van der Waals surface area contributed by atoms with Gasteiger partial charge in [-0.05, 0) is 50.5 Å². The number of hydrogen-bond acceptors (Lipinski definition) is 3. The van der Waals surface area contributed by atoms with Crippen LogP contribution < -0.4 is 10.5 Å². The Bertz CT molecular complexity index is 464. The normalized spacial score (nSPS) is 21.3. The maximum absolute atomic E-state index is 12.4. The summed E-state index contributed by atoms with van der Waals surface area (Å²) in [6.07, 6.45) is 2.68. The third-order valence-electron chi connectivity index (χ3n) is 3.96. The van der Waals surface area contributed by atoms with E-state index in [4.69, 9.17) is 22.1 Å².